The van der Waals surface area contributed by atoms with Crippen molar-refractivity contribution in [2.75, 3.05) is 40.1 Å². The van der Waals surface area contributed by atoms with Gasteiger partial charge in [0.25, 0.3) is 0 Å². The molecule has 3 fully saturated rings. The summed E-state index contributed by atoms with van der Waals surface area (Å²) in [5, 5.41) is 3.25. The number of rotatable bonds is 12. The van der Waals surface area contributed by atoms with Crippen LogP contribution in [0.25, 0.3) is 0 Å². The van der Waals surface area contributed by atoms with Gasteiger partial charge >= 0.3 is 0 Å². The van der Waals surface area contributed by atoms with Crippen molar-refractivity contribution in [3.63, 3.8) is 0 Å². The van der Waals surface area contributed by atoms with E-state index >= 15 is 0 Å². The Balaban J connectivity index is 1.64. The predicted molar refractivity (Wildman–Crippen MR) is 99.0 cm³/mol. The average molecular weight is 370 g/mol. The van der Waals surface area contributed by atoms with Crippen molar-refractivity contribution >= 4 is 11.7 Å². The summed E-state index contributed by atoms with van der Waals surface area (Å²) < 4.78 is 15.7. The Morgan fingerprint density at radius 1 is 0.885 bits per heavy atom. The van der Waals surface area contributed by atoms with Crippen molar-refractivity contribution in [1.82, 2.24) is 5.32 Å². The van der Waals surface area contributed by atoms with Crippen LogP contribution in [-0.2, 0) is 23.8 Å². The van der Waals surface area contributed by atoms with Gasteiger partial charge in [0.05, 0.1) is 33.0 Å². The van der Waals surface area contributed by atoms with Gasteiger partial charge in [0.15, 0.2) is 0 Å². The molecule has 6 nitrogen and oxygen atoms in total. The first-order valence-corrected chi connectivity index (χ1v) is 9.93. The van der Waals surface area contributed by atoms with Crippen molar-refractivity contribution in [3.05, 3.63) is 0 Å². The standard InChI is InChI=1S/C20H35NO5/c1-16(2)18(23)19-5-8-20(9-6-19,10-7-19)21-17(22)4-11-25-14-15-26-13-12-24-3/h16H,4-15H2,1-3H3,(H,21,22). The molecule has 0 spiro atoms. The highest BCUT2D eigenvalue weighted by atomic mass is 16.5. The summed E-state index contributed by atoms with van der Waals surface area (Å²) in [5.41, 5.74) is -0.216. The van der Waals surface area contributed by atoms with Crippen LogP contribution in [0.2, 0.25) is 0 Å². The van der Waals surface area contributed by atoms with E-state index in [0.29, 0.717) is 45.2 Å². The van der Waals surface area contributed by atoms with Crippen LogP contribution in [0.3, 0.4) is 0 Å². The maximum absolute atomic E-state index is 12.6. The summed E-state index contributed by atoms with van der Waals surface area (Å²) in [6.07, 6.45) is 5.89. The molecular formula is C20H35NO5. The molecule has 6 heteroatoms. The molecule has 2 bridgehead atoms. The SMILES string of the molecule is COCCOCCOCCC(=O)NC12CCC(C(=O)C(C)C)(CC1)CC2. The number of hydrogen-bond acceptors (Lipinski definition) is 5. The van der Waals surface area contributed by atoms with E-state index in [9.17, 15) is 9.59 Å². The zero-order valence-electron chi connectivity index (χ0n) is 16.6. The molecule has 0 aromatic carbocycles. The first kappa shape index (κ1) is 21.3. The summed E-state index contributed by atoms with van der Waals surface area (Å²) in [4.78, 5) is 24.8. The van der Waals surface area contributed by atoms with Crippen molar-refractivity contribution < 1.29 is 23.8 Å². The van der Waals surface area contributed by atoms with Crippen molar-refractivity contribution in [2.24, 2.45) is 11.3 Å². The van der Waals surface area contributed by atoms with E-state index in [1.165, 1.54) is 0 Å². The van der Waals surface area contributed by atoms with E-state index in [1.807, 2.05) is 13.8 Å². The van der Waals surface area contributed by atoms with Crippen molar-refractivity contribution in [1.29, 1.82) is 0 Å². The Labute approximate surface area is 157 Å². The summed E-state index contributed by atoms with van der Waals surface area (Å²) in [5.74, 6) is 0.568. The van der Waals surface area contributed by atoms with Gasteiger partial charge < -0.3 is 19.5 Å². The minimum atomic E-state index is -0.118. The topological polar surface area (TPSA) is 73.9 Å². The van der Waals surface area contributed by atoms with Crippen molar-refractivity contribution in [2.45, 2.75) is 64.3 Å². The molecule has 3 rings (SSSR count). The second kappa shape index (κ2) is 9.81. The number of Topliss-reactive ketones (excluding diaryl/α,β-unsaturated/α-hetero) is 1. The molecule has 1 N–H and O–H groups in total. The number of nitrogens with one attached hydrogen (secondary N) is 1. The third-order valence-electron chi connectivity index (χ3n) is 5.98. The van der Waals surface area contributed by atoms with Gasteiger partial charge in [-0.05, 0) is 38.5 Å². The fourth-order valence-corrected chi connectivity index (χ4v) is 4.34. The van der Waals surface area contributed by atoms with Crippen molar-refractivity contribution in [3.8, 4) is 0 Å². The van der Waals surface area contributed by atoms with Gasteiger partial charge in [-0.1, -0.05) is 13.8 Å². The number of carbonyl (C=O) groups excluding carboxylic acids is 2. The minimum Gasteiger partial charge on any atom is -0.382 e. The van der Waals surface area contributed by atoms with Gasteiger partial charge in [0, 0.05) is 30.4 Å². The monoisotopic (exact) mass is 369 g/mol. The van der Waals surface area contributed by atoms with Gasteiger partial charge in [0.1, 0.15) is 5.78 Å². The molecule has 0 radical (unpaired) electrons. The molecule has 0 saturated heterocycles. The lowest BCUT2D eigenvalue weighted by Gasteiger charge is -2.53. The highest BCUT2D eigenvalue weighted by molar-refractivity contribution is 5.87. The lowest BCUT2D eigenvalue weighted by molar-refractivity contribution is -0.140. The lowest BCUT2D eigenvalue weighted by Crippen LogP contribution is -2.58. The summed E-state index contributed by atoms with van der Waals surface area (Å²) in [6.45, 7) is 6.54. The summed E-state index contributed by atoms with van der Waals surface area (Å²) in [7, 11) is 1.64. The number of hydrogen-bond donors (Lipinski definition) is 1. The highest BCUT2D eigenvalue weighted by Gasteiger charge is 2.52. The van der Waals surface area contributed by atoms with Crippen LogP contribution >= 0.6 is 0 Å². The number of fused-ring (bicyclic) bond motifs is 3. The fraction of sp³-hybridized carbons (Fsp3) is 0.900. The summed E-state index contributed by atoms with van der Waals surface area (Å²) in [6, 6.07) is 0. The molecule has 1 amide bonds. The maximum Gasteiger partial charge on any atom is 0.222 e. The molecule has 3 aliphatic rings. The molecule has 0 aliphatic heterocycles. The number of amides is 1. The van der Waals surface area contributed by atoms with E-state index in [4.69, 9.17) is 14.2 Å². The van der Waals surface area contributed by atoms with Crippen LogP contribution in [0.15, 0.2) is 0 Å². The van der Waals surface area contributed by atoms with E-state index < -0.39 is 0 Å². The first-order chi connectivity index (χ1) is 12.4. The van der Waals surface area contributed by atoms with Crippen LogP contribution < -0.4 is 5.32 Å². The van der Waals surface area contributed by atoms with Gasteiger partial charge in [-0.3, -0.25) is 9.59 Å². The zero-order valence-corrected chi connectivity index (χ0v) is 16.6. The summed E-state index contributed by atoms with van der Waals surface area (Å²) >= 11 is 0. The van der Waals surface area contributed by atoms with Crippen LogP contribution in [0.1, 0.15) is 58.8 Å². The third-order valence-corrected chi connectivity index (χ3v) is 5.98. The van der Waals surface area contributed by atoms with Crippen LogP contribution in [0.5, 0.6) is 0 Å². The van der Waals surface area contributed by atoms with Gasteiger partial charge in [-0.15, -0.1) is 0 Å². The predicted octanol–water partition coefficient (Wildman–Crippen LogP) is 2.49. The van der Waals surface area contributed by atoms with E-state index in [2.05, 4.69) is 5.32 Å². The second-order valence-electron chi connectivity index (χ2n) is 8.10. The van der Waals surface area contributed by atoms with E-state index in [0.717, 1.165) is 38.5 Å². The van der Waals surface area contributed by atoms with Crippen LogP contribution in [0.4, 0.5) is 0 Å². The number of ketones is 1. The molecule has 3 saturated carbocycles. The Bertz CT molecular complexity index is 452. The highest BCUT2D eigenvalue weighted by Crippen LogP contribution is 2.53. The Morgan fingerprint density at radius 2 is 1.42 bits per heavy atom. The van der Waals surface area contributed by atoms with Crippen LogP contribution in [-0.4, -0.2) is 57.4 Å². The Hall–Kier alpha value is -0.980. The normalized spacial score (nSPS) is 27.7. The largest absolute Gasteiger partial charge is 0.382 e. The Kier molecular flexibility index (Phi) is 8.05. The van der Waals surface area contributed by atoms with Crippen LogP contribution in [0, 0.1) is 11.3 Å². The van der Waals surface area contributed by atoms with Gasteiger partial charge in [-0.25, -0.2) is 0 Å². The van der Waals surface area contributed by atoms with E-state index in [-0.39, 0.29) is 22.8 Å². The van der Waals surface area contributed by atoms with E-state index in [1.54, 1.807) is 7.11 Å². The average Bonchev–Trinajstić information content (AvgIpc) is 2.64. The Morgan fingerprint density at radius 3 is 1.96 bits per heavy atom. The number of methoxy groups -OCH3 is 1. The molecular weight excluding hydrogens is 334 g/mol. The molecule has 3 aliphatic carbocycles. The third kappa shape index (κ3) is 5.51. The fourth-order valence-electron chi connectivity index (χ4n) is 4.34. The molecule has 0 aromatic heterocycles. The molecule has 0 heterocycles. The molecule has 26 heavy (non-hydrogen) atoms. The minimum absolute atomic E-state index is 0.0508. The molecule has 0 aromatic rings. The lowest BCUT2D eigenvalue weighted by atomic mass is 9.54. The molecule has 0 atom stereocenters. The molecule has 150 valence electrons. The molecule has 0 unspecified atom stereocenters. The zero-order chi connectivity index (χ0) is 19.0. The van der Waals surface area contributed by atoms with Gasteiger partial charge in [0.2, 0.25) is 5.91 Å². The number of ether oxygens (including phenoxy) is 3. The van der Waals surface area contributed by atoms with Gasteiger partial charge in [-0.2, -0.15) is 0 Å². The first-order valence-electron chi connectivity index (χ1n) is 9.93. The quantitative estimate of drug-likeness (QED) is 0.535. The maximum atomic E-state index is 12.6. The number of carbonyl (C=O) groups is 2. The second-order valence-corrected chi connectivity index (χ2v) is 8.10. The smallest absolute Gasteiger partial charge is 0.222 e.